The zero-order valence-corrected chi connectivity index (χ0v) is 14.8. The summed E-state index contributed by atoms with van der Waals surface area (Å²) < 4.78 is 5.86. The summed E-state index contributed by atoms with van der Waals surface area (Å²) in [5, 5.41) is 0. The topological polar surface area (TPSA) is 67.6 Å². The number of hydrogen-bond donors (Lipinski definition) is 2. The number of nitrogens with one attached hydrogen (secondary N) is 1. The molecule has 5 nitrogen and oxygen atoms in total. The van der Waals surface area contributed by atoms with Gasteiger partial charge in [0.2, 0.25) is 5.91 Å². The molecule has 0 aliphatic carbocycles. The van der Waals surface area contributed by atoms with Crippen LogP contribution in [0.15, 0.2) is 24.3 Å². The first kappa shape index (κ1) is 18.7. The van der Waals surface area contributed by atoms with Crippen molar-refractivity contribution in [1.29, 1.82) is 0 Å². The average molecular weight is 333 g/mol. The van der Waals surface area contributed by atoms with Gasteiger partial charge in [0.05, 0.1) is 6.61 Å². The van der Waals surface area contributed by atoms with E-state index in [1.165, 1.54) is 24.8 Å². The van der Waals surface area contributed by atoms with E-state index in [4.69, 9.17) is 10.6 Å². The number of nitrogens with two attached hydrogens (primary N) is 1. The zero-order valence-electron chi connectivity index (χ0n) is 14.8. The van der Waals surface area contributed by atoms with Crippen LogP contribution in [0, 0.1) is 5.92 Å². The molecule has 134 valence electrons. The first-order valence-corrected chi connectivity index (χ1v) is 9.17. The number of hydrazine groups is 1. The molecule has 1 saturated heterocycles. The molecule has 2 rings (SSSR count). The van der Waals surface area contributed by atoms with Gasteiger partial charge in [-0.1, -0.05) is 38.3 Å². The van der Waals surface area contributed by atoms with E-state index in [9.17, 15) is 4.79 Å². The molecule has 0 spiro atoms. The molecule has 0 unspecified atom stereocenters. The molecule has 0 radical (unpaired) electrons. The molecule has 1 heterocycles. The van der Waals surface area contributed by atoms with E-state index in [1.807, 2.05) is 6.07 Å². The number of rotatable bonds is 9. The highest BCUT2D eigenvalue weighted by Gasteiger charge is 2.24. The predicted octanol–water partition coefficient (Wildman–Crippen LogP) is 2.85. The summed E-state index contributed by atoms with van der Waals surface area (Å²) in [6.45, 7) is 5.78. The predicted molar refractivity (Wildman–Crippen MR) is 96.4 cm³/mol. The van der Waals surface area contributed by atoms with Gasteiger partial charge in [-0.2, -0.15) is 0 Å². The molecule has 0 saturated carbocycles. The minimum atomic E-state index is -0.0341. The Hall–Kier alpha value is -1.59. The van der Waals surface area contributed by atoms with Gasteiger partial charge in [-0.3, -0.25) is 15.1 Å². The van der Waals surface area contributed by atoms with Crippen molar-refractivity contribution in [2.75, 3.05) is 19.7 Å². The number of likely N-dealkylation sites (tertiary alicyclic amines) is 1. The quantitative estimate of drug-likeness (QED) is 0.316. The van der Waals surface area contributed by atoms with Crippen molar-refractivity contribution in [1.82, 2.24) is 10.3 Å². The molecule has 3 N–H and O–H groups in total. The Kier molecular flexibility index (Phi) is 8.05. The van der Waals surface area contributed by atoms with Crippen LogP contribution in [0.3, 0.4) is 0 Å². The summed E-state index contributed by atoms with van der Waals surface area (Å²) in [7, 11) is 0. The number of piperidine rings is 1. The van der Waals surface area contributed by atoms with Crippen LogP contribution in [0.5, 0.6) is 5.75 Å². The van der Waals surface area contributed by atoms with Crippen LogP contribution < -0.4 is 16.0 Å². The molecule has 1 amide bonds. The number of ether oxygens (including phenoxy) is 1. The molecule has 0 atom stereocenters. The fourth-order valence-electron chi connectivity index (χ4n) is 3.18. The molecular weight excluding hydrogens is 302 g/mol. The summed E-state index contributed by atoms with van der Waals surface area (Å²) in [6.07, 6.45) is 6.63. The maximum absolute atomic E-state index is 11.6. The third-order valence-electron chi connectivity index (χ3n) is 4.67. The van der Waals surface area contributed by atoms with Gasteiger partial charge in [-0.05, 0) is 50.0 Å². The lowest BCUT2D eigenvalue weighted by Gasteiger charge is -2.31. The monoisotopic (exact) mass is 333 g/mol. The van der Waals surface area contributed by atoms with Crippen molar-refractivity contribution >= 4 is 5.91 Å². The number of carbonyl (C=O) groups is 1. The lowest BCUT2D eigenvalue weighted by molar-refractivity contribution is -0.126. The van der Waals surface area contributed by atoms with Crippen LogP contribution in [-0.2, 0) is 11.3 Å². The minimum absolute atomic E-state index is 0.0341. The van der Waals surface area contributed by atoms with Crippen molar-refractivity contribution in [3.63, 3.8) is 0 Å². The van der Waals surface area contributed by atoms with Gasteiger partial charge in [0.15, 0.2) is 0 Å². The van der Waals surface area contributed by atoms with E-state index in [1.54, 1.807) is 0 Å². The normalized spacial score (nSPS) is 16.1. The molecule has 24 heavy (non-hydrogen) atoms. The lowest BCUT2D eigenvalue weighted by atomic mass is 9.96. The highest BCUT2D eigenvalue weighted by Crippen LogP contribution is 2.21. The Balaban J connectivity index is 1.75. The van der Waals surface area contributed by atoms with Gasteiger partial charge in [0.1, 0.15) is 5.75 Å². The molecule has 1 aromatic rings. The highest BCUT2D eigenvalue weighted by atomic mass is 16.5. The largest absolute Gasteiger partial charge is 0.494 e. The molecular formula is C19H31N3O2. The van der Waals surface area contributed by atoms with Crippen molar-refractivity contribution in [2.24, 2.45) is 11.8 Å². The van der Waals surface area contributed by atoms with Gasteiger partial charge in [-0.25, -0.2) is 5.84 Å². The van der Waals surface area contributed by atoms with Crippen LogP contribution >= 0.6 is 0 Å². The molecule has 1 fully saturated rings. The van der Waals surface area contributed by atoms with E-state index in [0.29, 0.717) is 0 Å². The first-order chi connectivity index (χ1) is 11.7. The smallest absolute Gasteiger partial charge is 0.237 e. The highest BCUT2D eigenvalue weighted by molar-refractivity contribution is 5.78. The van der Waals surface area contributed by atoms with Crippen molar-refractivity contribution in [3.05, 3.63) is 29.8 Å². The summed E-state index contributed by atoms with van der Waals surface area (Å²) in [4.78, 5) is 14.0. The van der Waals surface area contributed by atoms with E-state index < -0.39 is 0 Å². The second kappa shape index (κ2) is 10.3. The third-order valence-corrected chi connectivity index (χ3v) is 4.67. The van der Waals surface area contributed by atoms with E-state index in [-0.39, 0.29) is 11.8 Å². The Bertz CT molecular complexity index is 499. The number of amides is 1. The third kappa shape index (κ3) is 6.13. The second-order valence-corrected chi connectivity index (χ2v) is 6.62. The number of hydrogen-bond acceptors (Lipinski definition) is 4. The summed E-state index contributed by atoms with van der Waals surface area (Å²) >= 11 is 0. The Labute approximate surface area is 145 Å². The maximum Gasteiger partial charge on any atom is 0.237 e. The summed E-state index contributed by atoms with van der Waals surface area (Å²) in [5.41, 5.74) is 3.53. The van der Waals surface area contributed by atoms with Crippen LogP contribution in [0.2, 0.25) is 0 Å². The summed E-state index contributed by atoms with van der Waals surface area (Å²) in [6, 6.07) is 8.37. The molecule has 1 aliphatic heterocycles. The number of carbonyl (C=O) groups excluding carboxylic acids is 1. The van der Waals surface area contributed by atoms with E-state index in [2.05, 4.69) is 35.4 Å². The Morgan fingerprint density at radius 1 is 1.29 bits per heavy atom. The van der Waals surface area contributed by atoms with Crippen molar-refractivity contribution in [2.45, 2.75) is 52.0 Å². The fraction of sp³-hybridized carbons (Fsp3) is 0.632. The first-order valence-electron chi connectivity index (χ1n) is 9.17. The Morgan fingerprint density at radius 3 is 2.79 bits per heavy atom. The minimum Gasteiger partial charge on any atom is -0.494 e. The van der Waals surface area contributed by atoms with Gasteiger partial charge in [0, 0.05) is 12.5 Å². The molecule has 0 aromatic heterocycles. The van der Waals surface area contributed by atoms with E-state index in [0.717, 1.165) is 51.3 Å². The second-order valence-electron chi connectivity index (χ2n) is 6.62. The van der Waals surface area contributed by atoms with Gasteiger partial charge in [-0.15, -0.1) is 0 Å². The van der Waals surface area contributed by atoms with E-state index >= 15 is 0 Å². The average Bonchev–Trinajstić information content (AvgIpc) is 2.62. The van der Waals surface area contributed by atoms with Gasteiger partial charge >= 0.3 is 0 Å². The van der Waals surface area contributed by atoms with Crippen LogP contribution in [-0.4, -0.2) is 30.5 Å². The summed E-state index contributed by atoms with van der Waals surface area (Å²) in [5.74, 6) is 6.20. The van der Waals surface area contributed by atoms with Crippen LogP contribution in [0.25, 0.3) is 0 Å². The molecule has 1 aliphatic rings. The lowest BCUT2D eigenvalue weighted by Crippen LogP contribution is -2.42. The molecule has 5 heteroatoms. The SMILES string of the molecule is CCCCCCOc1cccc(CN2CCC(C(=O)NN)CC2)c1. The van der Waals surface area contributed by atoms with Crippen molar-refractivity contribution < 1.29 is 9.53 Å². The van der Waals surface area contributed by atoms with Crippen molar-refractivity contribution in [3.8, 4) is 5.75 Å². The van der Waals surface area contributed by atoms with Gasteiger partial charge in [0.25, 0.3) is 0 Å². The number of unbranched alkanes of at least 4 members (excludes halogenated alkanes) is 3. The standard InChI is InChI=1S/C19H31N3O2/c1-2-3-4-5-13-24-18-8-6-7-16(14-18)15-22-11-9-17(10-12-22)19(23)21-20/h6-8,14,17H,2-5,9-13,15,20H2,1H3,(H,21,23). The Morgan fingerprint density at radius 2 is 2.08 bits per heavy atom. The molecule has 0 bridgehead atoms. The maximum atomic E-state index is 11.6. The zero-order chi connectivity index (χ0) is 17.2. The molecule has 1 aromatic carbocycles. The number of benzene rings is 1. The number of nitrogens with zero attached hydrogens (tertiary/aromatic N) is 1. The van der Waals surface area contributed by atoms with Crippen LogP contribution in [0.4, 0.5) is 0 Å². The fourth-order valence-corrected chi connectivity index (χ4v) is 3.18. The van der Waals surface area contributed by atoms with Crippen LogP contribution in [0.1, 0.15) is 51.0 Å². The van der Waals surface area contributed by atoms with Gasteiger partial charge < -0.3 is 4.74 Å².